The van der Waals surface area contributed by atoms with Crippen LogP contribution in [0.4, 0.5) is 5.69 Å². The number of hydrogen-bond donors (Lipinski definition) is 1. The average Bonchev–Trinajstić information content (AvgIpc) is 3.01. The molecule has 3 aliphatic rings. The normalized spacial score (nSPS) is 32.5. The van der Waals surface area contributed by atoms with E-state index in [1.165, 1.54) is 21.3 Å². The summed E-state index contributed by atoms with van der Waals surface area (Å²) >= 11 is 0. The Bertz CT molecular complexity index is 796. The molecule has 3 heterocycles. The summed E-state index contributed by atoms with van der Waals surface area (Å²) in [6, 6.07) is 3.25. The smallest absolute Gasteiger partial charge is 0.338 e. The van der Waals surface area contributed by atoms with E-state index in [0.717, 1.165) is 0 Å². The van der Waals surface area contributed by atoms with E-state index in [1.807, 2.05) is 13.8 Å². The third kappa shape index (κ3) is 2.61. The van der Waals surface area contributed by atoms with Crippen molar-refractivity contribution in [2.45, 2.75) is 43.5 Å². The second-order valence-corrected chi connectivity index (χ2v) is 7.51. The molecule has 1 N–H and O–H groups in total. The van der Waals surface area contributed by atoms with Gasteiger partial charge >= 0.3 is 5.97 Å². The van der Waals surface area contributed by atoms with Gasteiger partial charge in [-0.3, -0.25) is 0 Å². The Morgan fingerprint density at radius 3 is 2.64 bits per heavy atom. The molecule has 0 spiro atoms. The quantitative estimate of drug-likeness (QED) is 0.754. The lowest BCUT2D eigenvalue weighted by molar-refractivity contribution is -0.322. The zero-order chi connectivity index (χ0) is 20.3. The van der Waals surface area contributed by atoms with Crippen molar-refractivity contribution in [3.05, 3.63) is 23.3 Å². The van der Waals surface area contributed by atoms with Crippen LogP contribution in [0.5, 0.6) is 5.75 Å². The summed E-state index contributed by atoms with van der Waals surface area (Å²) in [6.07, 6.45) is -0.905. The molecule has 2 saturated heterocycles. The first-order chi connectivity index (χ1) is 13.3. The third-order valence-electron chi connectivity index (χ3n) is 5.54. The van der Waals surface area contributed by atoms with Gasteiger partial charge in [-0.05, 0) is 26.0 Å². The SMILES string of the molecule is COC(=O)c1cc(OC)c2c(c1)N1C[C@@H]3OC(C)(C)O[C@@H]3[C@@](OC)(O1)[C@H]2CO. The first-order valence-electron chi connectivity index (χ1n) is 9.08. The maximum atomic E-state index is 12.1. The molecule has 9 nitrogen and oxygen atoms in total. The maximum absolute atomic E-state index is 12.1. The lowest BCUT2D eigenvalue weighted by atomic mass is 9.80. The molecule has 1 aromatic carbocycles. The predicted molar refractivity (Wildman–Crippen MR) is 96.2 cm³/mol. The van der Waals surface area contributed by atoms with Crippen LogP contribution in [0.25, 0.3) is 0 Å². The van der Waals surface area contributed by atoms with E-state index in [-0.39, 0.29) is 12.7 Å². The minimum atomic E-state index is -1.31. The van der Waals surface area contributed by atoms with Crippen molar-refractivity contribution in [3.8, 4) is 5.75 Å². The van der Waals surface area contributed by atoms with Crippen molar-refractivity contribution >= 4 is 11.7 Å². The molecule has 0 radical (unpaired) electrons. The number of anilines is 1. The highest BCUT2D eigenvalue weighted by Crippen LogP contribution is 2.55. The Labute approximate surface area is 163 Å². The van der Waals surface area contributed by atoms with Crippen LogP contribution in [-0.4, -0.2) is 69.3 Å². The van der Waals surface area contributed by atoms with Crippen LogP contribution in [0.1, 0.15) is 35.7 Å². The van der Waals surface area contributed by atoms with E-state index >= 15 is 0 Å². The fourth-order valence-corrected chi connectivity index (χ4v) is 4.43. The third-order valence-corrected chi connectivity index (χ3v) is 5.54. The van der Waals surface area contributed by atoms with Crippen molar-refractivity contribution in [2.75, 3.05) is 39.5 Å². The van der Waals surface area contributed by atoms with Crippen LogP contribution in [0.3, 0.4) is 0 Å². The largest absolute Gasteiger partial charge is 0.496 e. The predicted octanol–water partition coefficient (Wildman–Crippen LogP) is 1.19. The van der Waals surface area contributed by atoms with Gasteiger partial charge in [-0.15, -0.1) is 0 Å². The van der Waals surface area contributed by atoms with Gasteiger partial charge in [0.05, 0.1) is 44.5 Å². The number of hydroxylamine groups is 1. The number of rotatable bonds is 4. The lowest BCUT2D eigenvalue weighted by Gasteiger charge is -2.54. The number of fused-ring (bicyclic) bond motifs is 6. The summed E-state index contributed by atoms with van der Waals surface area (Å²) in [5.41, 5.74) is 1.59. The number of carbonyl (C=O) groups excluding carboxylic acids is 1. The second-order valence-electron chi connectivity index (χ2n) is 7.51. The molecule has 4 atom stereocenters. The summed E-state index contributed by atoms with van der Waals surface area (Å²) in [7, 11) is 4.33. The highest BCUT2D eigenvalue weighted by atomic mass is 16.8. The Morgan fingerprint density at radius 1 is 1.29 bits per heavy atom. The molecule has 3 aliphatic heterocycles. The maximum Gasteiger partial charge on any atom is 0.338 e. The van der Waals surface area contributed by atoms with Gasteiger partial charge in [-0.25, -0.2) is 14.7 Å². The van der Waals surface area contributed by atoms with Gasteiger partial charge in [0, 0.05) is 12.7 Å². The number of methoxy groups -OCH3 is 3. The van der Waals surface area contributed by atoms with Crippen LogP contribution in [0.15, 0.2) is 12.1 Å². The molecular formula is C19H25NO8. The number of nitrogens with zero attached hydrogens (tertiary/aromatic N) is 1. The van der Waals surface area contributed by atoms with Crippen LogP contribution >= 0.6 is 0 Å². The van der Waals surface area contributed by atoms with E-state index in [2.05, 4.69) is 0 Å². The first kappa shape index (κ1) is 19.4. The average molecular weight is 395 g/mol. The molecule has 1 aromatic rings. The Balaban J connectivity index is 1.91. The molecule has 154 valence electrons. The molecule has 28 heavy (non-hydrogen) atoms. The van der Waals surface area contributed by atoms with Gasteiger partial charge in [-0.2, -0.15) is 0 Å². The summed E-state index contributed by atoms with van der Waals surface area (Å²) in [6.45, 7) is 3.73. The number of benzene rings is 1. The van der Waals surface area contributed by atoms with E-state index in [1.54, 1.807) is 17.2 Å². The van der Waals surface area contributed by atoms with E-state index in [4.69, 9.17) is 28.5 Å². The topological polar surface area (TPSA) is 95.9 Å². The van der Waals surface area contributed by atoms with Gasteiger partial charge < -0.3 is 28.8 Å². The van der Waals surface area contributed by atoms with Crippen molar-refractivity contribution in [1.82, 2.24) is 0 Å². The van der Waals surface area contributed by atoms with E-state index < -0.39 is 29.6 Å². The van der Waals surface area contributed by atoms with Gasteiger partial charge in [0.25, 0.3) is 0 Å². The number of esters is 1. The lowest BCUT2D eigenvalue weighted by Crippen LogP contribution is -2.67. The number of aliphatic hydroxyl groups is 1. The van der Waals surface area contributed by atoms with Gasteiger partial charge in [-0.1, -0.05) is 0 Å². The zero-order valence-corrected chi connectivity index (χ0v) is 16.6. The summed E-state index contributed by atoms with van der Waals surface area (Å²) in [5.74, 6) is -2.82. The summed E-state index contributed by atoms with van der Waals surface area (Å²) in [4.78, 5) is 18.3. The van der Waals surface area contributed by atoms with E-state index in [9.17, 15) is 9.90 Å². The molecule has 4 rings (SSSR count). The number of carbonyl (C=O) groups is 1. The zero-order valence-electron chi connectivity index (χ0n) is 16.6. The Kier molecular flexibility index (Phi) is 4.55. The molecule has 2 fully saturated rings. The standard InChI is InChI=1S/C19H25NO8/c1-18(2)26-14-8-20-12-6-10(17(22)24-4)7-13(23-3)15(12)11(9-21)19(25-5,28-20)16(14)27-18/h6-7,11,14,16,21H,8-9H2,1-5H3/t11-,14-,16-,19-/m0/s1. The van der Waals surface area contributed by atoms with Crippen molar-refractivity contribution in [2.24, 2.45) is 0 Å². The highest BCUT2D eigenvalue weighted by Gasteiger charge is 2.65. The van der Waals surface area contributed by atoms with Crippen LogP contribution in [0.2, 0.25) is 0 Å². The summed E-state index contributed by atoms with van der Waals surface area (Å²) in [5, 5.41) is 11.9. The monoisotopic (exact) mass is 395 g/mol. The van der Waals surface area contributed by atoms with Crippen molar-refractivity contribution in [3.63, 3.8) is 0 Å². The van der Waals surface area contributed by atoms with Crippen LogP contribution in [-0.2, 0) is 23.8 Å². The van der Waals surface area contributed by atoms with Crippen LogP contribution < -0.4 is 9.80 Å². The molecular weight excluding hydrogens is 370 g/mol. The molecule has 0 aliphatic carbocycles. The molecule has 0 unspecified atom stereocenters. The van der Waals surface area contributed by atoms with Crippen LogP contribution in [0, 0.1) is 0 Å². The number of hydrogen-bond acceptors (Lipinski definition) is 9. The minimum absolute atomic E-state index is 0.282. The Hall–Kier alpha value is -1.91. The highest BCUT2D eigenvalue weighted by molar-refractivity contribution is 5.92. The second kappa shape index (κ2) is 6.57. The fourth-order valence-electron chi connectivity index (χ4n) is 4.43. The number of ether oxygens (including phenoxy) is 5. The number of aliphatic hydroxyl groups excluding tert-OH is 1. The Morgan fingerprint density at radius 2 is 2.04 bits per heavy atom. The van der Waals surface area contributed by atoms with Gasteiger partial charge in [0.15, 0.2) is 5.79 Å². The summed E-state index contributed by atoms with van der Waals surface area (Å²) < 4.78 is 28.4. The van der Waals surface area contributed by atoms with Gasteiger partial charge in [0.1, 0.15) is 18.0 Å². The van der Waals surface area contributed by atoms with E-state index in [0.29, 0.717) is 29.1 Å². The van der Waals surface area contributed by atoms with Gasteiger partial charge in [0.2, 0.25) is 5.79 Å². The first-order valence-corrected chi connectivity index (χ1v) is 9.08. The fraction of sp³-hybridized carbons (Fsp3) is 0.632. The molecule has 0 aromatic heterocycles. The molecule has 0 amide bonds. The molecule has 0 saturated carbocycles. The molecule has 2 bridgehead atoms. The molecule has 9 heteroatoms. The minimum Gasteiger partial charge on any atom is -0.496 e. The van der Waals surface area contributed by atoms with Crippen molar-refractivity contribution in [1.29, 1.82) is 0 Å². The van der Waals surface area contributed by atoms with Crippen molar-refractivity contribution < 1.29 is 38.4 Å².